The average Bonchev–Trinajstić information content (AvgIpc) is 2.64. The minimum Gasteiger partial charge on any atom is -0.382 e. The smallest absolute Gasteiger partial charge is 0.382 e. The Hall–Kier alpha value is -1.41. The fraction of sp³-hybridized carbons (Fsp3) is 0.688. The van der Waals surface area contributed by atoms with Crippen molar-refractivity contribution in [3.8, 4) is 0 Å². The number of ether oxygens (including phenoxy) is 2. The van der Waals surface area contributed by atoms with Crippen LogP contribution in [0.15, 0.2) is 17.3 Å². The largest absolute Gasteiger partial charge is 0.433 e. The van der Waals surface area contributed by atoms with Crippen molar-refractivity contribution in [1.29, 1.82) is 0 Å². The Balaban J connectivity index is 0.00000729. The third kappa shape index (κ3) is 12.1. The molecule has 0 spiro atoms. The molecule has 0 radical (unpaired) electrons. The highest BCUT2D eigenvalue weighted by atomic mass is 127. The predicted octanol–water partition coefficient (Wildman–Crippen LogP) is 2.13. The Kier molecular flexibility index (Phi) is 14.7. The first-order valence-corrected chi connectivity index (χ1v) is 8.70. The van der Waals surface area contributed by atoms with Gasteiger partial charge in [0.05, 0.1) is 13.2 Å². The molecule has 0 saturated heterocycles. The van der Waals surface area contributed by atoms with Gasteiger partial charge in [-0.15, -0.1) is 24.0 Å². The molecule has 1 heterocycles. The van der Waals surface area contributed by atoms with Gasteiger partial charge in [-0.1, -0.05) is 0 Å². The quantitative estimate of drug-likeness (QED) is 0.168. The SMILES string of the molecule is CCNC(=NCCCOCCOC)NCCNc1nccc(C(F)(F)F)n1.I. The maximum atomic E-state index is 12.6. The van der Waals surface area contributed by atoms with Gasteiger partial charge in [0.2, 0.25) is 5.95 Å². The lowest BCUT2D eigenvalue weighted by Gasteiger charge is -2.12. The molecule has 1 rings (SSSR count). The van der Waals surface area contributed by atoms with Crippen molar-refractivity contribution in [2.45, 2.75) is 19.5 Å². The number of methoxy groups -OCH3 is 1. The molecule has 0 aromatic carbocycles. The van der Waals surface area contributed by atoms with E-state index in [9.17, 15) is 13.2 Å². The molecule has 0 fully saturated rings. The molecule has 8 nitrogen and oxygen atoms in total. The van der Waals surface area contributed by atoms with Crippen molar-refractivity contribution in [2.24, 2.45) is 4.99 Å². The molecule has 162 valence electrons. The number of nitrogens with zero attached hydrogens (tertiary/aromatic N) is 3. The number of aromatic nitrogens is 2. The number of nitrogens with one attached hydrogen (secondary N) is 3. The molecule has 0 aliphatic rings. The van der Waals surface area contributed by atoms with Crippen molar-refractivity contribution < 1.29 is 22.6 Å². The van der Waals surface area contributed by atoms with E-state index in [0.29, 0.717) is 52.0 Å². The van der Waals surface area contributed by atoms with E-state index < -0.39 is 11.9 Å². The Morgan fingerprint density at radius 1 is 1.18 bits per heavy atom. The van der Waals surface area contributed by atoms with E-state index in [1.54, 1.807) is 7.11 Å². The fourth-order valence-electron chi connectivity index (χ4n) is 1.90. The molecular formula is C16H28F3IN6O2. The summed E-state index contributed by atoms with van der Waals surface area (Å²) in [4.78, 5) is 11.6. The maximum absolute atomic E-state index is 12.6. The molecule has 0 aliphatic carbocycles. The number of halogens is 4. The molecule has 0 amide bonds. The van der Waals surface area contributed by atoms with Gasteiger partial charge in [-0.05, 0) is 19.4 Å². The van der Waals surface area contributed by atoms with Crippen LogP contribution in [0.25, 0.3) is 0 Å². The van der Waals surface area contributed by atoms with Crippen LogP contribution in [-0.2, 0) is 15.7 Å². The van der Waals surface area contributed by atoms with Crippen molar-refractivity contribution in [3.05, 3.63) is 18.0 Å². The zero-order valence-corrected chi connectivity index (χ0v) is 18.3. The van der Waals surface area contributed by atoms with Crippen molar-refractivity contribution in [1.82, 2.24) is 20.6 Å². The highest BCUT2D eigenvalue weighted by molar-refractivity contribution is 14.0. The summed E-state index contributed by atoms with van der Waals surface area (Å²) in [5, 5.41) is 8.93. The summed E-state index contributed by atoms with van der Waals surface area (Å²) in [6.45, 7) is 5.73. The van der Waals surface area contributed by atoms with Gasteiger partial charge >= 0.3 is 6.18 Å². The van der Waals surface area contributed by atoms with Gasteiger partial charge in [-0.25, -0.2) is 9.97 Å². The summed E-state index contributed by atoms with van der Waals surface area (Å²) >= 11 is 0. The van der Waals surface area contributed by atoms with Crippen molar-refractivity contribution in [2.75, 3.05) is 58.4 Å². The first kappa shape index (κ1) is 26.6. The minimum atomic E-state index is -4.49. The Bertz CT molecular complexity index is 563. The van der Waals surface area contributed by atoms with Gasteiger partial charge in [-0.3, -0.25) is 4.99 Å². The molecule has 12 heteroatoms. The molecule has 0 atom stereocenters. The molecule has 0 bridgehead atoms. The number of anilines is 1. The molecule has 28 heavy (non-hydrogen) atoms. The average molecular weight is 520 g/mol. The number of hydrogen-bond donors (Lipinski definition) is 3. The third-order valence-corrected chi connectivity index (χ3v) is 3.14. The normalized spacial score (nSPS) is 11.7. The number of aliphatic imine (C=N–C) groups is 1. The van der Waals surface area contributed by atoms with E-state index in [0.717, 1.165) is 18.7 Å². The van der Waals surface area contributed by atoms with Crippen LogP contribution in [0.2, 0.25) is 0 Å². The fourth-order valence-corrected chi connectivity index (χ4v) is 1.90. The van der Waals surface area contributed by atoms with Gasteiger partial charge < -0.3 is 25.4 Å². The van der Waals surface area contributed by atoms with E-state index in [1.807, 2.05) is 6.92 Å². The van der Waals surface area contributed by atoms with Crippen LogP contribution < -0.4 is 16.0 Å². The summed E-state index contributed by atoms with van der Waals surface area (Å²) in [6.07, 6.45) is -2.64. The first-order valence-electron chi connectivity index (χ1n) is 8.70. The van der Waals surface area contributed by atoms with Gasteiger partial charge in [0.25, 0.3) is 0 Å². The number of hydrogen-bond acceptors (Lipinski definition) is 6. The summed E-state index contributed by atoms with van der Waals surface area (Å²) < 4.78 is 48.1. The summed E-state index contributed by atoms with van der Waals surface area (Å²) in [6, 6.07) is 0.832. The molecule has 1 aromatic rings. The van der Waals surface area contributed by atoms with E-state index >= 15 is 0 Å². The standard InChI is InChI=1S/C16H27F3N6O2.HI/c1-3-20-14(21-6-4-10-27-12-11-26-2)23-8-9-24-15-22-7-5-13(25-15)16(17,18)19;/h5,7H,3-4,6,8-12H2,1-2H3,(H2,20,21,23)(H,22,24,25);1H. The van der Waals surface area contributed by atoms with Crippen LogP contribution in [0.1, 0.15) is 19.0 Å². The van der Waals surface area contributed by atoms with E-state index in [2.05, 4.69) is 30.9 Å². The molecule has 0 unspecified atom stereocenters. The third-order valence-electron chi connectivity index (χ3n) is 3.14. The van der Waals surface area contributed by atoms with Crippen LogP contribution >= 0.6 is 24.0 Å². The van der Waals surface area contributed by atoms with Gasteiger partial charge in [-0.2, -0.15) is 13.2 Å². The monoisotopic (exact) mass is 520 g/mol. The van der Waals surface area contributed by atoms with Gasteiger partial charge in [0, 0.05) is 46.1 Å². The summed E-state index contributed by atoms with van der Waals surface area (Å²) in [7, 11) is 1.62. The Morgan fingerprint density at radius 2 is 1.96 bits per heavy atom. The van der Waals surface area contributed by atoms with Crippen LogP contribution in [0.3, 0.4) is 0 Å². The van der Waals surface area contributed by atoms with Gasteiger partial charge in [0.1, 0.15) is 5.69 Å². The Morgan fingerprint density at radius 3 is 2.64 bits per heavy atom. The van der Waals surface area contributed by atoms with Gasteiger partial charge in [0.15, 0.2) is 5.96 Å². The minimum absolute atomic E-state index is 0. The zero-order valence-electron chi connectivity index (χ0n) is 16.0. The first-order chi connectivity index (χ1) is 13.0. The topological polar surface area (TPSA) is 92.7 Å². The molecule has 0 saturated carbocycles. The van der Waals surface area contributed by atoms with E-state index in [-0.39, 0.29) is 29.9 Å². The van der Waals surface area contributed by atoms with Crippen LogP contribution in [0.5, 0.6) is 0 Å². The molecule has 1 aromatic heterocycles. The molecule has 3 N–H and O–H groups in total. The number of rotatable bonds is 12. The highest BCUT2D eigenvalue weighted by Gasteiger charge is 2.32. The zero-order chi connectivity index (χ0) is 20.0. The maximum Gasteiger partial charge on any atom is 0.433 e. The van der Waals surface area contributed by atoms with Crippen molar-refractivity contribution in [3.63, 3.8) is 0 Å². The summed E-state index contributed by atoms with van der Waals surface area (Å²) in [5.41, 5.74) is -0.976. The lowest BCUT2D eigenvalue weighted by atomic mass is 10.4. The van der Waals surface area contributed by atoms with E-state index in [4.69, 9.17) is 9.47 Å². The number of alkyl halides is 3. The predicted molar refractivity (Wildman–Crippen MR) is 112 cm³/mol. The second-order valence-electron chi connectivity index (χ2n) is 5.34. The van der Waals surface area contributed by atoms with Crippen LogP contribution in [0.4, 0.5) is 19.1 Å². The lowest BCUT2D eigenvalue weighted by molar-refractivity contribution is -0.141. The van der Waals surface area contributed by atoms with Crippen LogP contribution in [0, 0.1) is 0 Å². The molecular weight excluding hydrogens is 492 g/mol. The molecule has 0 aliphatic heterocycles. The highest BCUT2D eigenvalue weighted by Crippen LogP contribution is 2.27. The second kappa shape index (κ2) is 15.5. The van der Waals surface area contributed by atoms with Crippen molar-refractivity contribution >= 4 is 35.9 Å². The summed E-state index contributed by atoms with van der Waals surface area (Å²) in [5.74, 6) is 0.558. The number of guanidine groups is 1. The van der Waals surface area contributed by atoms with E-state index in [1.165, 1.54) is 0 Å². The van der Waals surface area contributed by atoms with Crippen LogP contribution in [-0.4, -0.2) is 69.0 Å². The second-order valence-corrected chi connectivity index (χ2v) is 5.34. The Labute approximate surface area is 180 Å². The lowest BCUT2D eigenvalue weighted by Crippen LogP contribution is -2.39.